The molecule has 0 bridgehead atoms. The predicted molar refractivity (Wildman–Crippen MR) is 79.6 cm³/mol. The van der Waals surface area contributed by atoms with Gasteiger partial charge < -0.3 is 5.32 Å². The van der Waals surface area contributed by atoms with Crippen LogP contribution in [0.4, 0.5) is 0 Å². The zero-order valence-electron chi connectivity index (χ0n) is 11.6. The third-order valence-corrected chi connectivity index (χ3v) is 3.44. The van der Waals surface area contributed by atoms with Crippen LogP contribution in [-0.4, -0.2) is 16.8 Å². The highest BCUT2D eigenvalue weighted by Crippen LogP contribution is 2.21. The van der Waals surface area contributed by atoms with E-state index in [1.165, 1.54) is 5.56 Å². The van der Waals surface area contributed by atoms with Crippen molar-refractivity contribution in [2.45, 2.75) is 32.4 Å². The van der Waals surface area contributed by atoms with E-state index in [-0.39, 0.29) is 6.04 Å². The minimum absolute atomic E-state index is 0.231. The Kier molecular flexibility index (Phi) is 4.61. The summed E-state index contributed by atoms with van der Waals surface area (Å²) in [6.45, 7) is 4.26. The smallest absolute Gasteiger partial charge is 0.0643 e. The van der Waals surface area contributed by atoms with E-state index in [1.54, 1.807) is 0 Å². The minimum atomic E-state index is 0.231. The van der Waals surface area contributed by atoms with Crippen molar-refractivity contribution in [3.05, 3.63) is 52.8 Å². The van der Waals surface area contributed by atoms with E-state index in [2.05, 4.69) is 36.4 Å². The van der Waals surface area contributed by atoms with Crippen molar-refractivity contribution >= 4 is 11.6 Å². The van der Waals surface area contributed by atoms with Gasteiger partial charge in [-0.25, -0.2) is 0 Å². The number of rotatable bonds is 5. The number of nitrogens with zero attached hydrogens (tertiary/aromatic N) is 2. The molecule has 0 aliphatic heterocycles. The zero-order valence-corrected chi connectivity index (χ0v) is 12.4. The van der Waals surface area contributed by atoms with Crippen LogP contribution in [0.5, 0.6) is 0 Å². The Bertz CT molecular complexity index is 534. The van der Waals surface area contributed by atoms with Crippen LogP contribution in [0.1, 0.15) is 37.2 Å². The number of aromatic nitrogens is 2. The first-order valence-corrected chi connectivity index (χ1v) is 6.94. The number of likely N-dealkylation sites (N-methyl/N-ethyl adjacent to an activating group) is 1. The van der Waals surface area contributed by atoms with Gasteiger partial charge in [-0.15, -0.1) is 0 Å². The molecule has 0 aliphatic carbocycles. The first kappa shape index (κ1) is 14.1. The number of halogens is 1. The van der Waals surface area contributed by atoms with Gasteiger partial charge in [0.25, 0.3) is 0 Å². The van der Waals surface area contributed by atoms with Gasteiger partial charge in [0.05, 0.1) is 5.69 Å². The summed E-state index contributed by atoms with van der Waals surface area (Å²) < 4.78 is 1.99. The molecule has 102 valence electrons. The van der Waals surface area contributed by atoms with Gasteiger partial charge in [0.15, 0.2) is 0 Å². The number of benzene rings is 1. The highest BCUT2D eigenvalue weighted by atomic mass is 35.5. The fourth-order valence-corrected chi connectivity index (χ4v) is 2.29. The Balaban J connectivity index is 2.14. The SMILES string of the molecule is CNC(Cc1ccn(C(C)C)n1)c1cccc(Cl)c1. The van der Waals surface area contributed by atoms with Gasteiger partial charge in [0, 0.05) is 29.7 Å². The molecule has 1 atom stereocenters. The molecule has 2 rings (SSSR count). The fraction of sp³-hybridized carbons (Fsp3) is 0.400. The summed E-state index contributed by atoms with van der Waals surface area (Å²) in [7, 11) is 1.96. The van der Waals surface area contributed by atoms with Crippen LogP contribution in [-0.2, 0) is 6.42 Å². The van der Waals surface area contributed by atoms with Crippen LogP contribution < -0.4 is 5.32 Å². The molecule has 1 unspecified atom stereocenters. The highest BCUT2D eigenvalue weighted by Gasteiger charge is 2.12. The maximum absolute atomic E-state index is 6.05. The molecular formula is C15H20ClN3. The van der Waals surface area contributed by atoms with E-state index in [0.29, 0.717) is 6.04 Å². The lowest BCUT2D eigenvalue weighted by Gasteiger charge is -2.15. The van der Waals surface area contributed by atoms with Crippen molar-refractivity contribution < 1.29 is 0 Å². The van der Waals surface area contributed by atoms with Gasteiger partial charge in [-0.2, -0.15) is 5.10 Å². The van der Waals surface area contributed by atoms with Gasteiger partial charge in [-0.3, -0.25) is 4.68 Å². The first-order chi connectivity index (χ1) is 9.10. The van der Waals surface area contributed by atoms with Crippen LogP contribution in [0.3, 0.4) is 0 Å². The number of nitrogens with one attached hydrogen (secondary N) is 1. The Labute approximate surface area is 119 Å². The molecule has 1 heterocycles. The lowest BCUT2D eigenvalue weighted by Crippen LogP contribution is -2.19. The topological polar surface area (TPSA) is 29.9 Å². The van der Waals surface area contributed by atoms with Crippen molar-refractivity contribution in [3.63, 3.8) is 0 Å². The molecular weight excluding hydrogens is 258 g/mol. The second-order valence-corrected chi connectivity index (χ2v) is 5.42. The summed E-state index contributed by atoms with van der Waals surface area (Å²) in [5.74, 6) is 0. The van der Waals surface area contributed by atoms with Crippen molar-refractivity contribution in [1.29, 1.82) is 0 Å². The van der Waals surface area contributed by atoms with Gasteiger partial charge in [-0.1, -0.05) is 23.7 Å². The van der Waals surface area contributed by atoms with Crippen molar-refractivity contribution in [1.82, 2.24) is 15.1 Å². The molecule has 3 nitrogen and oxygen atoms in total. The summed E-state index contributed by atoms with van der Waals surface area (Å²) in [5.41, 5.74) is 2.28. The molecule has 4 heteroatoms. The van der Waals surface area contributed by atoms with Crippen LogP contribution >= 0.6 is 11.6 Å². The molecule has 19 heavy (non-hydrogen) atoms. The highest BCUT2D eigenvalue weighted by molar-refractivity contribution is 6.30. The Morgan fingerprint density at radius 1 is 1.32 bits per heavy atom. The average molecular weight is 278 g/mol. The molecule has 2 aromatic rings. The van der Waals surface area contributed by atoms with E-state index in [1.807, 2.05) is 36.1 Å². The lowest BCUT2D eigenvalue weighted by atomic mass is 10.0. The summed E-state index contributed by atoms with van der Waals surface area (Å²) in [4.78, 5) is 0. The summed E-state index contributed by atoms with van der Waals surface area (Å²) in [6, 6.07) is 10.7. The standard InChI is InChI=1S/C15H20ClN3/c1-11(2)19-8-7-14(18-19)10-15(17-3)12-5-4-6-13(16)9-12/h4-9,11,15,17H,10H2,1-3H3. The predicted octanol–water partition coefficient (Wildman–Crippen LogP) is 3.62. The van der Waals surface area contributed by atoms with Crippen LogP contribution in [0, 0.1) is 0 Å². The Hall–Kier alpha value is -1.32. The Morgan fingerprint density at radius 2 is 2.11 bits per heavy atom. The van der Waals surface area contributed by atoms with Crippen molar-refractivity contribution in [2.75, 3.05) is 7.05 Å². The second kappa shape index (κ2) is 6.22. The summed E-state index contributed by atoms with van der Waals surface area (Å²) >= 11 is 6.05. The zero-order chi connectivity index (χ0) is 13.8. The van der Waals surface area contributed by atoms with Gasteiger partial charge in [-0.05, 0) is 44.7 Å². The van der Waals surface area contributed by atoms with Crippen LogP contribution in [0.2, 0.25) is 5.02 Å². The molecule has 0 saturated carbocycles. The maximum Gasteiger partial charge on any atom is 0.0643 e. The van der Waals surface area contributed by atoms with Gasteiger partial charge in [0.1, 0.15) is 0 Å². The Morgan fingerprint density at radius 3 is 2.68 bits per heavy atom. The largest absolute Gasteiger partial charge is 0.313 e. The van der Waals surface area contributed by atoms with E-state index < -0.39 is 0 Å². The molecule has 0 amide bonds. The fourth-order valence-electron chi connectivity index (χ4n) is 2.09. The minimum Gasteiger partial charge on any atom is -0.313 e. The quantitative estimate of drug-likeness (QED) is 0.905. The van der Waals surface area contributed by atoms with Crippen LogP contribution in [0.25, 0.3) is 0 Å². The van der Waals surface area contributed by atoms with E-state index in [9.17, 15) is 0 Å². The average Bonchev–Trinajstić information content (AvgIpc) is 2.84. The summed E-state index contributed by atoms with van der Waals surface area (Å²) in [5, 5.41) is 8.68. The summed E-state index contributed by atoms with van der Waals surface area (Å²) in [6.07, 6.45) is 2.89. The second-order valence-electron chi connectivity index (χ2n) is 4.98. The lowest BCUT2D eigenvalue weighted by molar-refractivity contribution is 0.515. The first-order valence-electron chi connectivity index (χ1n) is 6.57. The van der Waals surface area contributed by atoms with E-state index in [4.69, 9.17) is 11.6 Å². The van der Waals surface area contributed by atoms with E-state index >= 15 is 0 Å². The molecule has 1 aromatic carbocycles. The van der Waals surface area contributed by atoms with Crippen molar-refractivity contribution in [2.24, 2.45) is 0 Å². The van der Waals surface area contributed by atoms with E-state index in [0.717, 1.165) is 17.1 Å². The molecule has 0 radical (unpaired) electrons. The molecule has 0 aliphatic rings. The number of hydrogen-bond donors (Lipinski definition) is 1. The van der Waals surface area contributed by atoms with Crippen LogP contribution in [0.15, 0.2) is 36.5 Å². The molecule has 0 spiro atoms. The van der Waals surface area contributed by atoms with Gasteiger partial charge in [0.2, 0.25) is 0 Å². The molecule has 1 N–H and O–H groups in total. The van der Waals surface area contributed by atoms with Crippen molar-refractivity contribution in [3.8, 4) is 0 Å². The normalized spacial score (nSPS) is 12.9. The third kappa shape index (κ3) is 3.58. The van der Waals surface area contributed by atoms with Gasteiger partial charge >= 0.3 is 0 Å². The molecule has 0 saturated heterocycles. The third-order valence-electron chi connectivity index (χ3n) is 3.21. The monoisotopic (exact) mass is 277 g/mol. The maximum atomic E-state index is 6.05. The number of hydrogen-bond acceptors (Lipinski definition) is 2. The molecule has 1 aromatic heterocycles. The molecule has 0 fully saturated rings.